The Morgan fingerprint density at radius 1 is 1.36 bits per heavy atom. The molecule has 0 N–H and O–H groups in total. The molecule has 0 amide bonds. The number of allylic oxidation sites excluding steroid dienone is 2. The summed E-state index contributed by atoms with van der Waals surface area (Å²) >= 11 is 0. The zero-order valence-corrected chi connectivity index (χ0v) is 8.87. The van der Waals surface area contributed by atoms with Crippen molar-refractivity contribution < 1.29 is 4.74 Å². The molecule has 78 valence electrons. The van der Waals surface area contributed by atoms with Gasteiger partial charge in [-0.3, -0.25) is 0 Å². The lowest BCUT2D eigenvalue weighted by Crippen LogP contribution is -1.87. The van der Waals surface area contributed by atoms with E-state index in [1.165, 1.54) is 25.7 Å². The SMILES string of the molecule is C1=C2CCC(C1)C2.C=CCOCC=C. The van der Waals surface area contributed by atoms with E-state index in [0.717, 1.165) is 5.92 Å². The average Bonchev–Trinajstić information content (AvgIpc) is 2.83. The molecule has 0 saturated heterocycles. The molecule has 1 fully saturated rings. The fourth-order valence-corrected chi connectivity index (χ4v) is 1.92. The molecule has 1 saturated carbocycles. The van der Waals surface area contributed by atoms with Crippen molar-refractivity contribution in [2.75, 3.05) is 13.2 Å². The molecule has 2 aliphatic rings. The van der Waals surface area contributed by atoms with Crippen molar-refractivity contribution in [3.63, 3.8) is 0 Å². The molecule has 1 unspecified atom stereocenters. The summed E-state index contributed by atoms with van der Waals surface area (Å²) in [6.07, 6.45) is 11.6. The van der Waals surface area contributed by atoms with Gasteiger partial charge in [-0.25, -0.2) is 0 Å². The van der Waals surface area contributed by atoms with Gasteiger partial charge in [0.25, 0.3) is 0 Å². The van der Waals surface area contributed by atoms with Crippen molar-refractivity contribution in [1.82, 2.24) is 0 Å². The molecular weight excluding hydrogens is 172 g/mol. The van der Waals surface area contributed by atoms with Crippen LogP contribution in [0.5, 0.6) is 0 Å². The van der Waals surface area contributed by atoms with Crippen LogP contribution < -0.4 is 0 Å². The van der Waals surface area contributed by atoms with Crippen LogP contribution in [0.3, 0.4) is 0 Å². The van der Waals surface area contributed by atoms with Crippen LogP contribution in [0.15, 0.2) is 37.0 Å². The minimum atomic E-state index is 0.617. The molecule has 0 heterocycles. The molecule has 1 atom stereocenters. The number of hydrogen-bond acceptors (Lipinski definition) is 1. The van der Waals surface area contributed by atoms with Crippen molar-refractivity contribution in [3.05, 3.63) is 37.0 Å². The van der Waals surface area contributed by atoms with Gasteiger partial charge in [-0.2, -0.15) is 0 Å². The Bertz CT molecular complexity index is 207. The second-order valence-electron chi connectivity index (χ2n) is 3.82. The molecule has 2 rings (SSSR count). The van der Waals surface area contributed by atoms with Gasteiger partial charge >= 0.3 is 0 Å². The van der Waals surface area contributed by atoms with Gasteiger partial charge in [0.15, 0.2) is 0 Å². The summed E-state index contributed by atoms with van der Waals surface area (Å²) in [5.41, 5.74) is 1.74. The Labute approximate surface area is 87.2 Å². The largest absolute Gasteiger partial charge is 0.373 e. The second-order valence-corrected chi connectivity index (χ2v) is 3.82. The van der Waals surface area contributed by atoms with Gasteiger partial charge in [-0.15, -0.1) is 13.2 Å². The standard InChI is InChI=1S/C7H10.C6H10O/c1-2-7-4-3-6(1)5-7;1-3-5-7-6-4-2/h1,7H,2-5H2;3-4H,1-2,5-6H2. The van der Waals surface area contributed by atoms with E-state index in [9.17, 15) is 0 Å². The summed E-state index contributed by atoms with van der Waals surface area (Å²) < 4.78 is 4.90. The van der Waals surface area contributed by atoms with Crippen LogP contribution in [0, 0.1) is 5.92 Å². The zero-order valence-electron chi connectivity index (χ0n) is 8.87. The first-order chi connectivity index (χ1) is 6.86. The third-order valence-electron chi connectivity index (χ3n) is 2.64. The smallest absolute Gasteiger partial charge is 0.0649 e. The van der Waals surface area contributed by atoms with Gasteiger partial charge in [0.1, 0.15) is 0 Å². The van der Waals surface area contributed by atoms with E-state index in [1.807, 2.05) is 0 Å². The van der Waals surface area contributed by atoms with Crippen molar-refractivity contribution in [2.45, 2.75) is 25.7 Å². The first kappa shape index (κ1) is 11.3. The lowest BCUT2D eigenvalue weighted by atomic mass is 10.1. The molecule has 1 nitrogen and oxygen atoms in total. The van der Waals surface area contributed by atoms with Crippen molar-refractivity contribution in [2.24, 2.45) is 5.92 Å². The summed E-state index contributed by atoms with van der Waals surface area (Å²) in [4.78, 5) is 0. The first-order valence-electron chi connectivity index (χ1n) is 5.34. The Balaban J connectivity index is 0.000000140. The Morgan fingerprint density at radius 2 is 2.07 bits per heavy atom. The highest BCUT2D eigenvalue weighted by Crippen LogP contribution is 2.38. The molecular formula is C13H20O. The maximum atomic E-state index is 4.90. The number of fused-ring (bicyclic) bond motifs is 2. The molecule has 1 heteroatoms. The van der Waals surface area contributed by atoms with E-state index in [1.54, 1.807) is 17.7 Å². The predicted molar refractivity (Wildman–Crippen MR) is 61.3 cm³/mol. The molecule has 0 aromatic rings. The van der Waals surface area contributed by atoms with Gasteiger partial charge in [-0.05, 0) is 31.6 Å². The highest BCUT2D eigenvalue weighted by atomic mass is 16.5. The Morgan fingerprint density at radius 3 is 2.29 bits per heavy atom. The van der Waals surface area contributed by atoms with Crippen LogP contribution in [0.1, 0.15) is 25.7 Å². The molecule has 0 aromatic heterocycles. The molecule has 14 heavy (non-hydrogen) atoms. The van der Waals surface area contributed by atoms with Gasteiger partial charge in [0.2, 0.25) is 0 Å². The van der Waals surface area contributed by atoms with Crippen molar-refractivity contribution in [1.29, 1.82) is 0 Å². The van der Waals surface area contributed by atoms with Gasteiger partial charge < -0.3 is 4.74 Å². The summed E-state index contributed by atoms with van der Waals surface area (Å²) in [6.45, 7) is 8.18. The van der Waals surface area contributed by atoms with E-state index in [4.69, 9.17) is 4.74 Å². The van der Waals surface area contributed by atoms with Crippen molar-refractivity contribution in [3.8, 4) is 0 Å². The van der Waals surface area contributed by atoms with E-state index < -0.39 is 0 Å². The molecule has 0 aromatic carbocycles. The van der Waals surface area contributed by atoms with Gasteiger partial charge in [0, 0.05) is 0 Å². The van der Waals surface area contributed by atoms with Crippen LogP contribution in [0.2, 0.25) is 0 Å². The number of hydrogen-bond donors (Lipinski definition) is 0. The minimum Gasteiger partial charge on any atom is -0.373 e. The zero-order chi connectivity index (χ0) is 10.2. The highest BCUT2D eigenvalue weighted by Gasteiger charge is 2.22. The van der Waals surface area contributed by atoms with Crippen LogP contribution in [-0.2, 0) is 4.74 Å². The highest BCUT2D eigenvalue weighted by molar-refractivity contribution is 5.15. The van der Waals surface area contributed by atoms with E-state index >= 15 is 0 Å². The third-order valence-corrected chi connectivity index (χ3v) is 2.64. The monoisotopic (exact) mass is 192 g/mol. The van der Waals surface area contributed by atoms with Crippen LogP contribution in [-0.4, -0.2) is 13.2 Å². The number of ether oxygens (including phenoxy) is 1. The molecule has 0 spiro atoms. The fraction of sp³-hybridized carbons (Fsp3) is 0.538. The quantitative estimate of drug-likeness (QED) is 0.489. The predicted octanol–water partition coefficient (Wildman–Crippen LogP) is 3.49. The molecule has 2 aliphatic carbocycles. The maximum Gasteiger partial charge on any atom is 0.0649 e. The molecule has 2 bridgehead atoms. The van der Waals surface area contributed by atoms with E-state index in [0.29, 0.717) is 13.2 Å². The second kappa shape index (κ2) is 6.61. The summed E-state index contributed by atoms with van der Waals surface area (Å²) in [5, 5.41) is 0. The Kier molecular flexibility index (Phi) is 5.31. The van der Waals surface area contributed by atoms with Crippen LogP contribution in [0.4, 0.5) is 0 Å². The molecule has 0 radical (unpaired) electrons. The first-order valence-corrected chi connectivity index (χ1v) is 5.34. The maximum absolute atomic E-state index is 4.90. The lowest BCUT2D eigenvalue weighted by Gasteiger charge is -1.98. The Hall–Kier alpha value is -0.820. The lowest BCUT2D eigenvalue weighted by molar-refractivity contribution is 0.194. The third kappa shape index (κ3) is 3.93. The number of rotatable bonds is 4. The minimum absolute atomic E-state index is 0.617. The summed E-state index contributed by atoms with van der Waals surface area (Å²) in [6, 6.07) is 0. The summed E-state index contributed by atoms with van der Waals surface area (Å²) in [5.74, 6) is 1.08. The molecule has 0 aliphatic heterocycles. The van der Waals surface area contributed by atoms with Gasteiger partial charge in [0.05, 0.1) is 13.2 Å². The van der Waals surface area contributed by atoms with E-state index in [2.05, 4.69) is 19.2 Å². The van der Waals surface area contributed by atoms with Crippen LogP contribution in [0.25, 0.3) is 0 Å². The summed E-state index contributed by atoms with van der Waals surface area (Å²) in [7, 11) is 0. The normalized spacial score (nSPS) is 22.3. The van der Waals surface area contributed by atoms with E-state index in [-0.39, 0.29) is 0 Å². The average molecular weight is 192 g/mol. The topological polar surface area (TPSA) is 9.23 Å². The van der Waals surface area contributed by atoms with Gasteiger partial charge in [-0.1, -0.05) is 23.8 Å². The fourth-order valence-electron chi connectivity index (χ4n) is 1.92. The van der Waals surface area contributed by atoms with Crippen LogP contribution >= 0.6 is 0 Å². The van der Waals surface area contributed by atoms with Crippen molar-refractivity contribution >= 4 is 0 Å².